The van der Waals surface area contributed by atoms with Crippen LogP contribution < -0.4 is 5.32 Å². The molecule has 1 aromatic carbocycles. The molecule has 15 heavy (non-hydrogen) atoms. The van der Waals surface area contributed by atoms with Gasteiger partial charge in [0.05, 0.1) is 5.56 Å². The second-order valence-corrected chi connectivity index (χ2v) is 4.23. The molecule has 1 rings (SSSR count). The van der Waals surface area contributed by atoms with E-state index < -0.39 is 0 Å². The van der Waals surface area contributed by atoms with Crippen LogP contribution in [0.2, 0.25) is 0 Å². The fourth-order valence-corrected chi connectivity index (χ4v) is 1.61. The van der Waals surface area contributed by atoms with Gasteiger partial charge in [-0.25, -0.2) is 0 Å². The van der Waals surface area contributed by atoms with Gasteiger partial charge in [-0.05, 0) is 41.4 Å². The molecule has 1 N–H and O–H groups in total. The van der Waals surface area contributed by atoms with Crippen molar-refractivity contribution in [1.29, 1.82) is 0 Å². The van der Waals surface area contributed by atoms with Gasteiger partial charge in [-0.1, -0.05) is 18.2 Å². The molecule has 0 saturated heterocycles. The van der Waals surface area contributed by atoms with E-state index in [1.165, 1.54) is 0 Å². The first-order chi connectivity index (χ1) is 7.06. The van der Waals surface area contributed by atoms with E-state index in [-0.39, 0.29) is 11.9 Å². The van der Waals surface area contributed by atoms with Crippen molar-refractivity contribution in [3.8, 4) is 0 Å². The molecule has 0 spiro atoms. The number of amides is 1. The van der Waals surface area contributed by atoms with Crippen LogP contribution in [0.4, 0.5) is 0 Å². The lowest BCUT2D eigenvalue weighted by atomic mass is 10.1. The summed E-state index contributed by atoms with van der Waals surface area (Å²) < 4.78 is 0.846. The molecule has 0 aliphatic carbocycles. The fourth-order valence-electron chi connectivity index (χ4n) is 1.17. The van der Waals surface area contributed by atoms with Gasteiger partial charge in [-0.2, -0.15) is 0 Å². The molecule has 0 saturated carbocycles. The van der Waals surface area contributed by atoms with Gasteiger partial charge in [-0.3, -0.25) is 4.79 Å². The summed E-state index contributed by atoms with van der Waals surface area (Å²) in [5.74, 6) is -0.0852. The van der Waals surface area contributed by atoms with E-state index in [0.717, 1.165) is 10.0 Å². The van der Waals surface area contributed by atoms with E-state index >= 15 is 0 Å². The third kappa shape index (κ3) is 2.93. The monoisotopic (exact) mass is 267 g/mol. The number of aryl methyl sites for hydroxylation is 1. The minimum atomic E-state index is -0.0852. The summed E-state index contributed by atoms with van der Waals surface area (Å²) in [5, 5.41) is 2.83. The molecular formula is C12H14BrNO. The number of hydrogen-bond donors (Lipinski definition) is 1. The number of benzene rings is 1. The van der Waals surface area contributed by atoms with Gasteiger partial charge in [0.15, 0.2) is 0 Å². The standard InChI is InChI=1S/C12H14BrNO/c1-4-9(3)14-12(15)10-7-5-6-8(2)11(10)13/h4-7,9H,1H2,2-3H3,(H,14,15). The van der Waals surface area contributed by atoms with Crippen LogP contribution in [0.15, 0.2) is 35.3 Å². The third-order valence-corrected chi connectivity index (χ3v) is 3.20. The summed E-state index contributed by atoms with van der Waals surface area (Å²) >= 11 is 3.41. The highest BCUT2D eigenvalue weighted by atomic mass is 79.9. The first-order valence-corrected chi connectivity index (χ1v) is 5.54. The molecule has 1 aromatic rings. The Bertz CT molecular complexity index is 387. The molecule has 0 bridgehead atoms. The van der Waals surface area contributed by atoms with E-state index in [4.69, 9.17) is 0 Å². The first-order valence-electron chi connectivity index (χ1n) is 4.74. The average Bonchev–Trinajstić information content (AvgIpc) is 2.21. The SMILES string of the molecule is C=CC(C)NC(=O)c1cccc(C)c1Br. The van der Waals surface area contributed by atoms with Crippen molar-refractivity contribution >= 4 is 21.8 Å². The minimum Gasteiger partial charge on any atom is -0.346 e. The summed E-state index contributed by atoms with van der Waals surface area (Å²) in [6.45, 7) is 7.46. The van der Waals surface area contributed by atoms with Crippen molar-refractivity contribution < 1.29 is 4.79 Å². The molecule has 0 fully saturated rings. The Morgan fingerprint density at radius 3 is 2.87 bits per heavy atom. The van der Waals surface area contributed by atoms with E-state index in [1.807, 2.05) is 26.0 Å². The maximum Gasteiger partial charge on any atom is 0.252 e. The van der Waals surface area contributed by atoms with Crippen molar-refractivity contribution in [1.82, 2.24) is 5.32 Å². The highest BCUT2D eigenvalue weighted by Crippen LogP contribution is 2.20. The quantitative estimate of drug-likeness (QED) is 0.839. The van der Waals surface area contributed by atoms with Crippen LogP contribution >= 0.6 is 15.9 Å². The summed E-state index contributed by atoms with van der Waals surface area (Å²) in [4.78, 5) is 11.8. The van der Waals surface area contributed by atoms with Gasteiger partial charge in [-0.15, -0.1) is 6.58 Å². The molecule has 0 aromatic heterocycles. The van der Waals surface area contributed by atoms with E-state index in [9.17, 15) is 4.79 Å². The lowest BCUT2D eigenvalue weighted by Crippen LogP contribution is -2.31. The Hall–Kier alpha value is -1.09. The first kappa shape index (κ1) is 12.0. The summed E-state index contributed by atoms with van der Waals surface area (Å²) in [7, 11) is 0. The van der Waals surface area contributed by atoms with Crippen LogP contribution in [0.3, 0.4) is 0 Å². The molecule has 80 valence electrons. The van der Waals surface area contributed by atoms with Crippen LogP contribution in [-0.4, -0.2) is 11.9 Å². The fraction of sp³-hybridized carbons (Fsp3) is 0.250. The van der Waals surface area contributed by atoms with Crippen molar-refractivity contribution in [3.05, 3.63) is 46.5 Å². The molecule has 1 amide bonds. The molecule has 1 atom stereocenters. The Morgan fingerprint density at radius 1 is 1.60 bits per heavy atom. The number of nitrogens with one attached hydrogen (secondary N) is 1. The highest BCUT2D eigenvalue weighted by molar-refractivity contribution is 9.10. The number of hydrogen-bond acceptors (Lipinski definition) is 1. The third-order valence-electron chi connectivity index (χ3n) is 2.15. The normalized spacial score (nSPS) is 11.9. The number of halogens is 1. The van der Waals surface area contributed by atoms with E-state index in [1.54, 1.807) is 12.1 Å². The number of carbonyl (C=O) groups is 1. The summed E-state index contributed by atoms with van der Waals surface area (Å²) in [6.07, 6.45) is 1.70. The van der Waals surface area contributed by atoms with Crippen molar-refractivity contribution in [2.24, 2.45) is 0 Å². The van der Waals surface area contributed by atoms with Gasteiger partial charge >= 0.3 is 0 Å². The lowest BCUT2D eigenvalue weighted by Gasteiger charge is -2.11. The predicted octanol–water partition coefficient (Wildman–Crippen LogP) is 3.06. The Labute approximate surface area is 98.5 Å². The Balaban J connectivity index is 2.91. The van der Waals surface area contributed by atoms with Crippen LogP contribution in [0.5, 0.6) is 0 Å². The second-order valence-electron chi connectivity index (χ2n) is 3.43. The van der Waals surface area contributed by atoms with Crippen molar-refractivity contribution in [3.63, 3.8) is 0 Å². The van der Waals surface area contributed by atoms with Crippen LogP contribution in [-0.2, 0) is 0 Å². The molecule has 3 heteroatoms. The van der Waals surface area contributed by atoms with Crippen molar-refractivity contribution in [2.75, 3.05) is 0 Å². The molecule has 0 aliphatic heterocycles. The molecule has 1 unspecified atom stereocenters. The van der Waals surface area contributed by atoms with Gasteiger partial charge in [0, 0.05) is 10.5 Å². The maximum absolute atomic E-state index is 11.8. The smallest absolute Gasteiger partial charge is 0.252 e. The molecule has 0 aliphatic rings. The largest absolute Gasteiger partial charge is 0.346 e. The van der Waals surface area contributed by atoms with Crippen LogP contribution in [0, 0.1) is 6.92 Å². The summed E-state index contributed by atoms with van der Waals surface area (Å²) in [6, 6.07) is 5.60. The highest BCUT2D eigenvalue weighted by Gasteiger charge is 2.11. The van der Waals surface area contributed by atoms with Crippen molar-refractivity contribution in [2.45, 2.75) is 19.9 Å². The van der Waals surface area contributed by atoms with Gasteiger partial charge in [0.25, 0.3) is 5.91 Å². The van der Waals surface area contributed by atoms with Crippen LogP contribution in [0.25, 0.3) is 0 Å². The lowest BCUT2D eigenvalue weighted by molar-refractivity contribution is 0.0946. The zero-order chi connectivity index (χ0) is 11.4. The Kier molecular flexibility index (Phi) is 4.09. The average molecular weight is 268 g/mol. The zero-order valence-electron chi connectivity index (χ0n) is 8.88. The second kappa shape index (κ2) is 5.12. The zero-order valence-corrected chi connectivity index (χ0v) is 10.5. The molecule has 0 heterocycles. The minimum absolute atomic E-state index is 0.0232. The number of carbonyl (C=O) groups excluding carboxylic acids is 1. The van der Waals surface area contributed by atoms with E-state index in [2.05, 4.69) is 27.8 Å². The van der Waals surface area contributed by atoms with E-state index in [0.29, 0.717) is 5.56 Å². The Morgan fingerprint density at radius 2 is 2.27 bits per heavy atom. The maximum atomic E-state index is 11.8. The summed E-state index contributed by atoms with van der Waals surface area (Å²) in [5.41, 5.74) is 1.71. The molecule has 2 nitrogen and oxygen atoms in total. The van der Waals surface area contributed by atoms with Gasteiger partial charge in [0.1, 0.15) is 0 Å². The molecule has 0 radical (unpaired) electrons. The van der Waals surface area contributed by atoms with Gasteiger partial charge in [0.2, 0.25) is 0 Å². The topological polar surface area (TPSA) is 29.1 Å². The van der Waals surface area contributed by atoms with Crippen LogP contribution in [0.1, 0.15) is 22.8 Å². The van der Waals surface area contributed by atoms with Gasteiger partial charge < -0.3 is 5.32 Å². The molecular weight excluding hydrogens is 254 g/mol. The number of rotatable bonds is 3. The predicted molar refractivity (Wildman–Crippen MR) is 66.0 cm³/mol.